The Balaban J connectivity index is 1.50. The van der Waals surface area contributed by atoms with Crippen molar-refractivity contribution in [2.24, 2.45) is 5.41 Å². The molecule has 0 radical (unpaired) electrons. The quantitative estimate of drug-likeness (QED) is 0.644. The van der Waals surface area contributed by atoms with E-state index in [9.17, 15) is 9.59 Å². The molecule has 29 heavy (non-hydrogen) atoms. The summed E-state index contributed by atoms with van der Waals surface area (Å²) in [4.78, 5) is 28.2. The predicted octanol–water partition coefficient (Wildman–Crippen LogP) is 3.22. The number of carbonyl (C=O) groups is 2. The molecular weight excluding hydrogens is 366 g/mol. The molecule has 0 aliphatic carbocycles. The molecule has 2 aliphatic heterocycles. The van der Waals surface area contributed by atoms with Crippen molar-refractivity contribution < 1.29 is 14.3 Å². The van der Waals surface area contributed by atoms with Crippen LogP contribution in [0.2, 0.25) is 0 Å². The van der Waals surface area contributed by atoms with E-state index in [1.807, 2.05) is 47.0 Å². The van der Waals surface area contributed by atoms with Crippen LogP contribution < -0.4 is 0 Å². The summed E-state index contributed by atoms with van der Waals surface area (Å²) in [6.07, 6.45) is 8.09. The highest BCUT2D eigenvalue weighted by Gasteiger charge is 2.61. The van der Waals surface area contributed by atoms with Gasteiger partial charge >= 0.3 is 5.97 Å². The van der Waals surface area contributed by atoms with Crippen LogP contribution in [0.15, 0.2) is 48.8 Å². The maximum atomic E-state index is 13.1. The number of aromatic nitrogens is 2. The molecule has 0 N–H and O–H groups in total. The van der Waals surface area contributed by atoms with Crippen LogP contribution >= 0.6 is 0 Å². The summed E-state index contributed by atoms with van der Waals surface area (Å²) < 4.78 is 7.38. The normalized spacial score (nSPS) is 25.3. The van der Waals surface area contributed by atoms with Crippen LogP contribution in [0.1, 0.15) is 44.6 Å². The predicted molar refractivity (Wildman–Crippen MR) is 109 cm³/mol. The van der Waals surface area contributed by atoms with Gasteiger partial charge in [-0.15, -0.1) is 0 Å². The molecule has 0 saturated carbocycles. The number of rotatable bonds is 8. The van der Waals surface area contributed by atoms with Crippen LogP contribution in [0.5, 0.6) is 0 Å². The summed E-state index contributed by atoms with van der Waals surface area (Å²) in [7, 11) is 0. The van der Waals surface area contributed by atoms with E-state index < -0.39 is 5.41 Å². The fourth-order valence-electron chi connectivity index (χ4n) is 5.23. The van der Waals surface area contributed by atoms with Gasteiger partial charge in [-0.1, -0.05) is 30.3 Å². The van der Waals surface area contributed by atoms with E-state index >= 15 is 0 Å². The second kappa shape index (κ2) is 8.39. The highest BCUT2D eigenvalue weighted by Crippen LogP contribution is 2.52. The summed E-state index contributed by atoms with van der Waals surface area (Å²) in [6, 6.07) is 12.1. The Bertz CT molecular complexity index is 836. The molecule has 2 saturated heterocycles. The van der Waals surface area contributed by atoms with Gasteiger partial charge in [-0.05, 0) is 50.7 Å². The summed E-state index contributed by atoms with van der Waals surface area (Å²) in [6.45, 7) is 2.94. The van der Waals surface area contributed by atoms with Gasteiger partial charge in [0.05, 0.1) is 12.0 Å². The molecule has 3 heterocycles. The third-order valence-electron chi connectivity index (χ3n) is 6.41. The number of aryl methyl sites for hydroxylation is 1. The maximum Gasteiger partial charge on any atom is 0.314 e. The minimum atomic E-state index is -0.627. The minimum absolute atomic E-state index is 0.0658. The number of hydrogen-bond acceptors (Lipinski definition) is 4. The minimum Gasteiger partial charge on any atom is -0.465 e. The number of carbonyl (C=O) groups excluding carboxylic acids is 2. The Morgan fingerprint density at radius 3 is 2.76 bits per heavy atom. The number of amides is 1. The number of benzene rings is 1. The molecule has 0 spiro atoms. The van der Waals surface area contributed by atoms with E-state index in [-0.39, 0.29) is 24.0 Å². The standard InChI is InChI=1S/C23H29N3O3/c1-2-29-22(28)23(16-18-8-4-3-5-9-18)17-19-11-12-20(23)26(19)21(27)10-6-14-25-15-7-13-24-25/h3-5,7-9,13,15,19-20H,2,6,10-12,14,16-17H2,1H3/t19-,20+,23+/m1/s1. The number of esters is 1. The highest BCUT2D eigenvalue weighted by molar-refractivity contribution is 5.84. The van der Waals surface area contributed by atoms with Gasteiger partial charge in [0, 0.05) is 37.4 Å². The van der Waals surface area contributed by atoms with Crippen LogP contribution in [-0.2, 0) is 27.3 Å². The third-order valence-corrected chi connectivity index (χ3v) is 6.41. The summed E-state index contributed by atoms with van der Waals surface area (Å²) >= 11 is 0. The van der Waals surface area contributed by atoms with Gasteiger partial charge < -0.3 is 9.64 Å². The fourth-order valence-corrected chi connectivity index (χ4v) is 5.23. The molecule has 6 heteroatoms. The molecule has 4 rings (SSSR count). The molecule has 1 amide bonds. The zero-order valence-electron chi connectivity index (χ0n) is 17.0. The average Bonchev–Trinajstić information content (AvgIpc) is 3.44. The van der Waals surface area contributed by atoms with E-state index in [1.165, 1.54) is 0 Å². The lowest BCUT2D eigenvalue weighted by Gasteiger charge is -2.35. The van der Waals surface area contributed by atoms with Crippen molar-refractivity contribution in [2.75, 3.05) is 6.61 Å². The fraction of sp³-hybridized carbons (Fsp3) is 0.522. The van der Waals surface area contributed by atoms with Gasteiger partial charge in [0.15, 0.2) is 0 Å². The van der Waals surface area contributed by atoms with Crippen LogP contribution in [0, 0.1) is 5.41 Å². The zero-order valence-corrected chi connectivity index (χ0v) is 17.0. The second-order valence-electron chi connectivity index (χ2n) is 8.16. The van der Waals surface area contributed by atoms with Crippen LogP contribution in [0.4, 0.5) is 0 Å². The third kappa shape index (κ3) is 3.80. The molecule has 3 atom stereocenters. The molecule has 2 fully saturated rings. The molecule has 1 aromatic carbocycles. The number of fused-ring (bicyclic) bond motifs is 2. The van der Waals surface area contributed by atoms with Gasteiger partial charge in [-0.3, -0.25) is 14.3 Å². The second-order valence-corrected chi connectivity index (χ2v) is 8.16. The summed E-state index contributed by atoms with van der Waals surface area (Å²) in [5.41, 5.74) is 0.497. The smallest absolute Gasteiger partial charge is 0.314 e. The van der Waals surface area contributed by atoms with Gasteiger partial charge in [0.25, 0.3) is 0 Å². The molecule has 1 aromatic heterocycles. The lowest BCUT2D eigenvalue weighted by atomic mass is 9.70. The summed E-state index contributed by atoms with van der Waals surface area (Å²) in [5.74, 6) is 0.00860. The first-order valence-corrected chi connectivity index (χ1v) is 10.6. The van der Waals surface area contributed by atoms with Crippen molar-refractivity contribution in [3.63, 3.8) is 0 Å². The molecule has 154 valence electrons. The molecular formula is C23H29N3O3. The van der Waals surface area contributed by atoms with Gasteiger partial charge in [0.1, 0.15) is 0 Å². The number of ether oxygens (including phenoxy) is 1. The van der Waals surface area contributed by atoms with Crippen molar-refractivity contribution in [1.82, 2.24) is 14.7 Å². The van der Waals surface area contributed by atoms with Gasteiger partial charge in [0.2, 0.25) is 5.91 Å². The largest absolute Gasteiger partial charge is 0.465 e. The van der Waals surface area contributed by atoms with Crippen molar-refractivity contribution in [3.05, 3.63) is 54.4 Å². The van der Waals surface area contributed by atoms with Crippen LogP contribution in [0.25, 0.3) is 0 Å². The SMILES string of the molecule is CCOC(=O)[C@@]1(Cc2ccccc2)C[C@H]2CC[C@@H]1N2C(=O)CCCn1cccn1. The van der Waals surface area contributed by atoms with Crippen LogP contribution in [0.3, 0.4) is 0 Å². The average molecular weight is 396 g/mol. The van der Waals surface area contributed by atoms with E-state index in [1.54, 1.807) is 6.20 Å². The van der Waals surface area contributed by atoms with Gasteiger partial charge in [-0.2, -0.15) is 5.10 Å². The van der Waals surface area contributed by atoms with Crippen molar-refractivity contribution in [3.8, 4) is 0 Å². The monoisotopic (exact) mass is 395 g/mol. The Morgan fingerprint density at radius 2 is 2.03 bits per heavy atom. The Hall–Kier alpha value is -2.63. The molecule has 2 bridgehead atoms. The van der Waals surface area contributed by atoms with Gasteiger partial charge in [-0.25, -0.2) is 0 Å². The Labute approximate surface area is 171 Å². The Morgan fingerprint density at radius 1 is 1.21 bits per heavy atom. The molecule has 6 nitrogen and oxygen atoms in total. The molecule has 2 aliphatic rings. The summed E-state index contributed by atoms with van der Waals surface area (Å²) in [5, 5.41) is 4.20. The topological polar surface area (TPSA) is 64.4 Å². The molecule has 0 unspecified atom stereocenters. The lowest BCUT2D eigenvalue weighted by Crippen LogP contribution is -2.47. The van der Waals surface area contributed by atoms with Crippen LogP contribution in [-0.4, -0.2) is 45.2 Å². The zero-order chi connectivity index (χ0) is 20.3. The first kappa shape index (κ1) is 19.7. The van der Waals surface area contributed by atoms with Crippen molar-refractivity contribution >= 4 is 11.9 Å². The first-order chi connectivity index (χ1) is 14.1. The van der Waals surface area contributed by atoms with Crippen molar-refractivity contribution in [1.29, 1.82) is 0 Å². The maximum absolute atomic E-state index is 13.1. The van der Waals surface area contributed by atoms with Crippen molar-refractivity contribution in [2.45, 2.75) is 64.1 Å². The van der Waals surface area contributed by atoms with E-state index in [0.717, 1.165) is 31.4 Å². The number of hydrogen-bond donors (Lipinski definition) is 0. The van der Waals surface area contributed by atoms with E-state index in [0.29, 0.717) is 25.9 Å². The van der Waals surface area contributed by atoms with E-state index in [4.69, 9.17) is 4.74 Å². The molecule has 2 aromatic rings. The van der Waals surface area contributed by atoms with E-state index in [2.05, 4.69) is 17.2 Å². The highest BCUT2D eigenvalue weighted by atomic mass is 16.5. The number of nitrogens with zero attached hydrogens (tertiary/aromatic N) is 3. The first-order valence-electron chi connectivity index (χ1n) is 10.6. The lowest BCUT2D eigenvalue weighted by molar-refractivity contribution is -0.158. The Kier molecular flexibility index (Phi) is 5.69.